The predicted octanol–water partition coefficient (Wildman–Crippen LogP) is 2.61. The molecule has 82 valence electrons. The lowest BCUT2D eigenvalue weighted by molar-refractivity contribution is 0.421. The predicted molar refractivity (Wildman–Crippen MR) is 63.5 cm³/mol. The molecule has 0 bridgehead atoms. The van der Waals surface area contributed by atoms with Gasteiger partial charge in [0.25, 0.3) is 0 Å². The summed E-state index contributed by atoms with van der Waals surface area (Å²) in [4.78, 5) is 1.38. The van der Waals surface area contributed by atoms with Crippen molar-refractivity contribution in [1.82, 2.24) is 5.32 Å². The summed E-state index contributed by atoms with van der Waals surface area (Å²) < 4.78 is 12.8. The molecular formula is C12H16FNS. The topological polar surface area (TPSA) is 12.0 Å². The van der Waals surface area contributed by atoms with Crippen molar-refractivity contribution in [3.63, 3.8) is 0 Å². The molecule has 0 aromatic heterocycles. The minimum atomic E-state index is -0.285. The largest absolute Gasteiger partial charge is 0.319 e. The molecule has 1 unspecified atom stereocenters. The van der Waals surface area contributed by atoms with Crippen LogP contribution in [-0.2, 0) is 6.42 Å². The second kappa shape index (κ2) is 4.99. The number of alkyl halides is 1. The fourth-order valence-corrected chi connectivity index (χ4v) is 3.02. The molecule has 1 atom stereocenters. The quantitative estimate of drug-likeness (QED) is 0.845. The van der Waals surface area contributed by atoms with Gasteiger partial charge in [-0.2, -0.15) is 0 Å². The van der Waals surface area contributed by atoms with Crippen LogP contribution in [0.3, 0.4) is 0 Å². The van der Waals surface area contributed by atoms with E-state index in [-0.39, 0.29) is 12.6 Å². The molecular weight excluding hydrogens is 209 g/mol. The smallest absolute Gasteiger partial charge is 0.0975 e. The van der Waals surface area contributed by atoms with Gasteiger partial charge in [-0.05, 0) is 30.7 Å². The SMILES string of the molecule is CNCC(CF)c1ccc2c(c1)CCS2. The number of benzene rings is 1. The summed E-state index contributed by atoms with van der Waals surface area (Å²) in [6, 6.07) is 6.39. The minimum absolute atomic E-state index is 0.00546. The highest BCUT2D eigenvalue weighted by Gasteiger charge is 2.15. The number of hydrogen-bond donors (Lipinski definition) is 1. The van der Waals surface area contributed by atoms with E-state index in [1.165, 1.54) is 16.2 Å². The number of fused-ring (bicyclic) bond motifs is 1. The zero-order valence-corrected chi connectivity index (χ0v) is 9.74. The molecule has 3 heteroatoms. The Balaban J connectivity index is 2.20. The third-order valence-corrected chi connectivity index (χ3v) is 3.94. The first kappa shape index (κ1) is 11.0. The monoisotopic (exact) mass is 225 g/mol. The molecule has 1 N–H and O–H groups in total. The summed E-state index contributed by atoms with van der Waals surface area (Å²) in [6.45, 7) is 0.426. The molecule has 1 aromatic rings. The molecule has 15 heavy (non-hydrogen) atoms. The Bertz CT molecular complexity index is 340. The molecule has 1 aliphatic heterocycles. The first-order valence-corrected chi connectivity index (χ1v) is 6.30. The van der Waals surface area contributed by atoms with Crippen LogP contribution < -0.4 is 5.32 Å². The molecule has 1 heterocycles. The Morgan fingerprint density at radius 1 is 1.53 bits per heavy atom. The van der Waals surface area contributed by atoms with Crippen LogP contribution in [0.5, 0.6) is 0 Å². The van der Waals surface area contributed by atoms with Gasteiger partial charge in [-0.3, -0.25) is 4.39 Å². The summed E-state index contributed by atoms with van der Waals surface area (Å²) in [6.07, 6.45) is 1.13. The summed E-state index contributed by atoms with van der Waals surface area (Å²) in [5.74, 6) is 1.18. The second-order valence-electron chi connectivity index (χ2n) is 3.87. The Morgan fingerprint density at radius 2 is 2.40 bits per heavy atom. The second-order valence-corrected chi connectivity index (χ2v) is 5.01. The number of halogens is 1. The maximum absolute atomic E-state index is 12.8. The molecule has 2 rings (SSSR count). The maximum Gasteiger partial charge on any atom is 0.0975 e. The van der Waals surface area contributed by atoms with Gasteiger partial charge in [0.05, 0.1) is 6.67 Å². The van der Waals surface area contributed by atoms with E-state index in [0.717, 1.165) is 12.0 Å². The molecule has 0 aliphatic carbocycles. The zero-order chi connectivity index (χ0) is 10.7. The van der Waals surface area contributed by atoms with Crippen LogP contribution in [0.1, 0.15) is 17.0 Å². The van der Waals surface area contributed by atoms with E-state index in [0.29, 0.717) is 6.54 Å². The van der Waals surface area contributed by atoms with Crippen molar-refractivity contribution in [3.05, 3.63) is 29.3 Å². The van der Waals surface area contributed by atoms with Gasteiger partial charge in [0, 0.05) is 23.1 Å². The van der Waals surface area contributed by atoms with Crippen LogP contribution in [0.4, 0.5) is 4.39 Å². The van der Waals surface area contributed by atoms with Crippen LogP contribution in [0.25, 0.3) is 0 Å². The number of nitrogens with one attached hydrogen (secondary N) is 1. The number of hydrogen-bond acceptors (Lipinski definition) is 2. The summed E-state index contributed by atoms with van der Waals surface area (Å²) in [7, 11) is 1.87. The number of rotatable bonds is 4. The van der Waals surface area contributed by atoms with Gasteiger partial charge >= 0.3 is 0 Å². The molecule has 0 radical (unpaired) electrons. The van der Waals surface area contributed by atoms with E-state index in [4.69, 9.17) is 0 Å². The average molecular weight is 225 g/mol. The maximum atomic E-state index is 12.8. The average Bonchev–Trinajstić information content (AvgIpc) is 2.72. The lowest BCUT2D eigenvalue weighted by Gasteiger charge is -2.14. The summed E-state index contributed by atoms with van der Waals surface area (Å²) in [5, 5.41) is 3.04. The highest BCUT2D eigenvalue weighted by molar-refractivity contribution is 7.99. The normalized spacial score (nSPS) is 16.4. The van der Waals surface area contributed by atoms with Crippen molar-refractivity contribution >= 4 is 11.8 Å². The summed E-state index contributed by atoms with van der Waals surface area (Å²) in [5.41, 5.74) is 2.53. The molecule has 1 aromatic carbocycles. The van der Waals surface area contributed by atoms with Crippen LogP contribution in [0.2, 0.25) is 0 Å². The van der Waals surface area contributed by atoms with Gasteiger partial charge in [0.15, 0.2) is 0 Å². The van der Waals surface area contributed by atoms with Gasteiger partial charge in [0.1, 0.15) is 0 Å². The third kappa shape index (κ3) is 2.34. The van der Waals surface area contributed by atoms with Crippen molar-refractivity contribution in [2.75, 3.05) is 26.0 Å². The van der Waals surface area contributed by atoms with E-state index in [1.54, 1.807) is 0 Å². The van der Waals surface area contributed by atoms with Gasteiger partial charge < -0.3 is 5.32 Å². The van der Waals surface area contributed by atoms with Crippen molar-refractivity contribution < 1.29 is 4.39 Å². The van der Waals surface area contributed by atoms with E-state index < -0.39 is 0 Å². The first-order valence-electron chi connectivity index (χ1n) is 5.31. The van der Waals surface area contributed by atoms with Gasteiger partial charge in [-0.25, -0.2) is 0 Å². The van der Waals surface area contributed by atoms with Crippen LogP contribution in [-0.4, -0.2) is 26.0 Å². The van der Waals surface area contributed by atoms with Crippen LogP contribution in [0, 0.1) is 0 Å². The number of likely N-dealkylation sites (N-methyl/N-ethyl adjacent to an activating group) is 1. The molecule has 0 amide bonds. The van der Waals surface area contributed by atoms with Crippen molar-refractivity contribution in [2.24, 2.45) is 0 Å². The number of thioether (sulfide) groups is 1. The highest BCUT2D eigenvalue weighted by Crippen LogP contribution is 2.33. The molecule has 1 nitrogen and oxygen atoms in total. The fourth-order valence-electron chi connectivity index (χ4n) is 1.97. The highest BCUT2D eigenvalue weighted by atomic mass is 32.2. The number of aryl methyl sites for hydroxylation is 1. The van der Waals surface area contributed by atoms with E-state index >= 15 is 0 Å². The Labute approximate surface area is 94.5 Å². The van der Waals surface area contributed by atoms with Crippen molar-refractivity contribution in [1.29, 1.82) is 0 Å². The Kier molecular flexibility index (Phi) is 3.65. The van der Waals surface area contributed by atoms with Crippen molar-refractivity contribution in [3.8, 4) is 0 Å². The molecule has 0 fully saturated rings. The van der Waals surface area contributed by atoms with Gasteiger partial charge in [-0.1, -0.05) is 12.1 Å². The first-order chi connectivity index (χ1) is 7.35. The fraction of sp³-hybridized carbons (Fsp3) is 0.500. The standard InChI is InChI=1S/C12H16FNS/c1-14-8-11(7-13)9-2-3-12-10(6-9)4-5-15-12/h2-3,6,11,14H,4-5,7-8H2,1H3. The van der Waals surface area contributed by atoms with E-state index in [9.17, 15) is 4.39 Å². The molecule has 0 spiro atoms. The zero-order valence-electron chi connectivity index (χ0n) is 8.92. The molecule has 0 saturated heterocycles. The van der Waals surface area contributed by atoms with Crippen molar-refractivity contribution in [2.45, 2.75) is 17.2 Å². The van der Waals surface area contributed by atoms with Crippen LogP contribution >= 0.6 is 11.8 Å². The van der Waals surface area contributed by atoms with Crippen LogP contribution in [0.15, 0.2) is 23.1 Å². The van der Waals surface area contributed by atoms with Gasteiger partial charge in [-0.15, -0.1) is 11.8 Å². The minimum Gasteiger partial charge on any atom is -0.319 e. The summed E-state index contributed by atoms with van der Waals surface area (Å²) >= 11 is 1.90. The third-order valence-electron chi connectivity index (χ3n) is 2.82. The van der Waals surface area contributed by atoms with Gasteiger partial charge in [0.2, 0.25) is 0 Å². The lowest BCUT2D eigenvalue weighted by atomic mass is 9.98. The molecule has 1 aliphatic rings. The molecule has 0 saturated carbocycles. The lowest BCUT2D eigenvalue weighted by Crippen LogP contribution is -2.18. The Hall–Kier alpha value is -0.540. The van der Waals surface area contributed by atoms with E-state index in [2.05, 4.69) is 23.5 Å². The van der Waals surface area contributed by atoms with E-state index in [1.807, 2.05) is 18.8 Å². The Morgan fingerprint density at radius 3 is 3.13 bits per heavy atom.